The van der Waals surface area contributed by atoms with Gasteiger partial charge in [-0.25, -0.2) is 13.6 Å². The van der Waals surface area contributed by atoms with Gasteiger partial charge in [0.15, 0.2) is 11.6 Å². The lowest BCUT2D eigenvalue weighted by molar-refractivity contribution is -0.119. The van der Waals surface area contributed by atoms with Crippen molar-refractivity contribution in [1.82, 2.24) is 5.32 Å². The zero-order valence-corrected chi connectivity index (χ0v) is 10.8. The van der Waals surface area contributed by atoms with Crippen LogP contribution in [0, 0.1) is 11.6 Å². The van der Waals surface area contributed by atoms with Crippen molar-refractivity contribution in [2.75, 3.05) is 19.0 Å². The third kappa shape index (κ3) is 2.87. The largest absolute Gasteiger partial charge is 0.465 e. The number of benzene rings is 1. The van der Waals surface area contributed by atoms with Crippen LogP contribution in [-0.2, 0) is 9.53 Å². The van der Waals surface area contributed by atoms with Crippen molar-refractivity contribution in [3.05, 3.63) is 29.3 Å². The maximum Gasteiger partial charge on any atom is 0.340 e. The van der Waals surface area contributed by atoms with Crippen molar-refractivity contribution in [3.63, 3.8) is 0 Å². The van der Waals surface area contributed by atoms with Gasteiger partial charge in [-0.2, -0.15) is 0 Å². The fourth-order valence-electron chi connectivity index (χ4n) is 2.02. The van der Waals surface area contributed by atoms with Crippen LogP contribution in [0.2, 0.25) is 0 Å². The van der Waals surface area contributed by atoms with Crippen LogP contribution in [0.4, 0.5) is 14.5 Å². The molecule has 0 aromatic heterocycles. The Hall–Kier alpha value is -2.18. The molecule has 1 saturated heterocycles. The minimum Gasteiger partial charge on any atom is -0.465 e. The van der Waals surface area contributed by atoms with Gasteiger partial charge in [-0.05, 0) is 18.6 Å². The molecule has 20 heavy (non-hydrogen) atoms. The molecule has 2 N–H and O–H groups in total. The number of hydrogen-bond acceptors (Lipinski definition) is 4. The van der Waals surface area contributed by atoms with Gasteiger partial charge in [0, 0.05) is 19.0 Å². The summed E-state index contributed by atoms with van der Waals surface area (Å²) in [5.74, 6) is -3.38. The molecule has 0 spiro atoms. The van der Waals surface area contributed by atoms with Crippen LogP contribution in [0.3, 0.4) is 0 Å². The Balaban J connectivity index is 2.07. The van der Waals surface area contributed by atoms with E-state index in [9.17, 15) is 18.4 Å². The second-order valence-corrected chi connectivity index (χ2v) is 4.46. The average molecular weight is 284 g/mol. The third-order valence-electron chi connectivity index (χ3n) is 3.11. The van der Waals surface area contributed by atoms with E-state index in [2.05, 4.69) is 15.4 Å². The van der Waals surface area contributed by atoms with Gasteiger partial charge in [-0.3, -0.25) is 4.79 Å². The summed E-state index contributed by atoms with van der Waals surface area (Å²) in [5, 5.41) is 5.42. The predicted octanol–water partition coefficient (Wildman–Crippen LogP) is 1.44. The molecule has 7 heteroatoms. The molecule has 2 rings (SSSR count). The van der Waals surface area contributed by atoms with Crippen LogP contribution >= 0.6 is 0 Å². The van der Waals surface area contributed by atoms with E-state index in [4.69, 9.17) is 0 Å². The van der Waals surface area contributed by atoms with Crippen molar-refractivity contribution < 1.29 is 23.1 Å². The summed E-state index contributed by atoms with van der Waals surface area (Å²) in [6.07, 6.45) is 1.08. The van der Waals surface area contributed by atoms with Crippen LogP contribution in [0.15, 0.2) is 12.1 Å². The Bertz CT molecular complexity index is 549. The van der Waals surface area contributed by atoms with Gasteiger partial charge < -0.3 is 15.4 Å². The smallest absolute Gasteiger partial charge is 0.340 e. The molecule has 1 unspecified atom stereocenters. The van der Waals surface area contributed by atoms with Crippen LogP contribution in [0.5, 0.6) is 0 Å². The predicted molar refractivity (Wildman–Crippen MR) is 67.4 cm³/mol. The maximum absolute atomic E-state index is 13.8. The summed E-state index contributed by atoms with van der Waals surface area (Å²) in [6.45, 7) is 0.291. The van der Waals surface area contributed by atoms with Crippen LogP contribution in [0.25, 0.3) is 0 Å². The summed E-state index contributed by atoms with van der Waals surface area (Å²) in [4.78, 5) is 22.2. The number of carbonyl (C=O) groups is 2. The van der Waals surface area contributed by atoms with Gasteiger partial charge in [-0.15, -0.1) is 0 Å². The van der Waals surface area contributed by atoms with Gasteiger partial charge in [0.1, 0.15) is 0 Å². The van der Waals surface area contributed by atoms with E-state index < -0.39 is 23.2 Å². The average Bonchev–Trinajstić information content (AvgIpc) is 2.85. The Morgan fingerprint density at radius 3 is 2.80 bits per heavy atom. The van der Waals surface area contributed by atoms with Crippen molar-refractivity contribution in [3.8, 4) is 0 Å². The molecule has 1 aliphatic heterocycles. The fraction of sp³-hybridized carbons (Fsp3) is 0.385. The molecule has 0 aliphatic carbocycles. The first-order valence-corrected chi connectivity index (χ1v) is 6.12. The Labute approximate surface area is 114 Å². The molecule has 5 nitrogen and oxygen atoms in total. The van der Waals surface area contributed by atoms with E-state index in [0.717, 1.165) is 13.2 Å². The number of methoxy groups -OCH3 is 1. The number of esters is 1. The molecule has 1 atom stereocenters. The highest BCUT2D eigenvalue weighted by Crippen LogP contribution is 2.21. The summed E-state index contributed by atoms with van der Waals surface area (Å²) < 4.78 is 31.8. The van der Waals surface area contributed by atoms with E-state index in [1.807, 2.05) is 0 Å². The zero-order valence-electron chi connectivity index (χ0n) is 10.8. The van der Waals surface area contributed by atoms with E-state index in [1.165, 1.54) is 6.07 Å². The lowest BCUT2D eigenvalue weighted by Gasteiger charge is -2.14. The molecule has 0 bridgehead atoms. The van der Waals surface area contributed by atoms with Crippen LogP contribution < -0.4 is 10.6 Å². The molecule has 0 radical (unpaired) electrons. The second-order valence-electron chi connectivity index (χ2n) is 4.46. The fourth-order valence-corrected chi connectivity index (χ4v) is 2.02. The molecular weight excluding hydrogens is 270 g/mol. The maximum atomic E-state index is 13.8. The highest BCUT2D eigenvalue weighted by Gasteiger charge is 2.22. The minimum atomic E-state index is -1.25. The first-order chi connectivity index (χ1) is 9.52. The molecule has 108 valence electrons. The van der Waals surface area contributed by atoms with Gasteiger partial charge in [0.2, 0.25) is 5.91 Å². The standard InChI is InChI=1S/C13H14F2N2O3/c1-20-13(19)8-3-4-9(12(15)11(8)14)16-6-7-2-5-10(18)17-7/h3-4,7,16H,2,5-6H2,1H3,(H,17,18). The van der Waals surface area contributed by atoms with E-state index in [0.29, 0.717) is 19.4 Å². The Morgan fingerprint density at radius 2 is 2.20 bits per heavy atom. The van der Waals surface area contributed by atoms with E-state index >= 15 is 0 Å². The monoisotopic (exact) mass is 284 g/mol. The molecule has 0 saturated carbocycles. The van der Waals surface area contributed by atoms with Gasteiger partial charge in [0.05, 0.1) is 18.4 Å². The highest BCUT2D eigenvalue weighted by atomic mass is 19.2. The Morgan fingerprint density at radius 1 is 1.45 bits per heavy atom. The van der Waals surface area contributed by atoms with Gasteiger partial charge in [-0.1, -0.05) is 0 Å². The van der Waals surface area contributed by atoms with E-state index in [1.54, 1.807) is 0 Å². The minimum absolute atomic E-state index is 0.0514. The molecule has 1 amide bonds. The van der Waals surface area contributed by atoms with Crippen molar-refractivity contribution in [1.29, 1.82) is 0 Å². The SMILES string of the molecule is COC(=O)c1ccc(NCC2CCC(=O)N2)c(F)c1F. The van der Waals surface area contributed by atoms with Crippen molar-refractivity contribution >= 4 is 17.6 Å². The third-order valence-corrected chi connectivity index (χ3v) is 3.11. The number of carbonyl (C=O) groups excluding carboxylic acids is 2. The highest BCUT2D eigenvalue weighted by molar-refractivity contribution is 5.90. The number of amides is 1. The summed E-state index contributed by atoms with van der Waals surface area (Å²) in [6, 6.07) is 2.31. The first-order valence-electron chi connectivity index (χ1n) is 6.12. The topological polar surface area (TPSA) is 67.4 Å². The summed E-state index contributed by atoms with van der Waals surface area (Å²) in [5.41, 5.74) is -0.513. The van der Waals surface area contributed by atoms with Crippen LogP contribution in [0.1, 0.15) is 23.2 Å². The number of nitrogens with one attached hydrogen (secondary N) is 2. The lowest BCUT2D eigenvalue weighted by atomic mass is 10.1. The summed E-state index contributed by atoms with van der Waals surface area (Å²) in [7, 11) is 1.09. The number of hydrogen-bond donors (Lipinski definition) is 2. The number of ether oxygens (including phenoxy) is 1. The van der Waals surface area contributed by atoms with Crippen LogP contribution in [-0.4, -0.2) is 31.6 Å². The summed E-state index contributed by atoms with van der Waals surface area (Å²) >= 11 is 0. The number of anilines is 1. The van der Waals surface area contributed by atoms with E-state index in [-0.39, 0.29) is 17.6 Å². The zero-order chi connectivity index (χ0) is 14.7. The number of rotatable bonds is 4. The van der Waals surface area contributed by atoms with Crippen molar-refractivity contribution in [2.45, 2.75) is 18.9 Å². The second kappa shape index (κ2) is 5.85. The molecule has 1 heterocycles. The Kier molecular flexibility index (Phi) is 4.16. The normalized spacial score (nSPS) is 17.8. The molecule has 1 fully saturated rings. The molecule has 1 aromatic rings. The van der Waals surface area contributed by atoms with Crippen molar-refractivity contribution in [2.24, 2.45) is 0 Å². The molecule has 1 aromatic carbocycles. The molecular formula is C13H14F2N2O3. The number of halogens is 2. The first kappa shape index (κ1) is 14.2. The van der Waals surface area contributed by atoms with Gasteiger partial charge in [0.25, 0.3) is 0 Å². The molecule has 1 aliphatic rings. The lowest BCUT2D eigenvalue weighted by Crippen LogP contribution is -2.32. The quantitative estimate of drug-likeness (QED) is 0.821. The van der Waals surface area contributed by atoms with Gasteiger partial charge >= 0.3 is 5.97 Å².